The summed E-state index contributed by atoms with van der Waals surface area (Å²) in [5.41, 5.74) is 7.41. The van der Waals surface area contributed by atoms with Crippen molar-refractivity contribution >= 4 is 22.5 Å². The van der Waals surface area contributed by atoms with E-state index in [9.17, 15) is 4.79 Å². The highest BCUT2D eigenvalue weighted by molar-refractivity contribution is 5.99. The molecule has 6 heteroatoms. The minimum absolute atomic E-state index is 0.0310. The van der Waals surface area contributed by atoms with Crippen LogP contribution in [0.4, 0.5) is 5.69 Å². The highest BCUT2D eigenvalue weighted by Gasteiger charge is 2.10. The van der Waals surface area contributed by atoms with E-state index in [2.05, 4.69) is 10.3 Å². The Balaban J connectivity index is 2.03. The Bertz CT molecular complexity index is 601. The van der Waals surface area contributed by atoms with E-state index in [1.54, 1.807) is 6.07 Å². The van der Waals surface area contributed by atoms with E-state index in [1.165, 1.54) is 0 Å². The van der Waals surface area contributed by atoms with Crippen molar-refractivity contribution in [3.63, 3.8) is 0 Å². The van der Waals surface area contributed by atoms with Crippen molar-refractivity contribution in [1.29, 1.82) is 0 Å². The van der Waals surface area contributed by atoms with Gasteiger partial charge in [-0.05, 0) is 12.1 Å². The molecule has 6 nitrogen and oxygen atoms in total. The minimum Gasteiger partial charge on any atom is -0.398 e. The van der Waals surface area contributed by atoms with Crippen LogP contribution >= 0.6 is 0 Å². The highest BCUT2D eigenvalue weighted by atomic mass is 16.5. The number of para-hydroxylation sites is 1. The monoisotopic (exact) mass is 275 g/mol. The number of anilines is 1. The number of fused-ring (bicyclic) bond motifs is 1. The van der Waals surface area contributed by atoms with Gasteiger partial charge in [-0.1, -0.05) is 18.2 Å². The van der Waals surface area contributed by atoms with Crippen LogP contribution in [0.5, 0.6) is 0 Å². The third-order valence-electron chi connectivity index (χ3n) is 2.75. The highest BCUT2D eigenvalue weighted by Crippen LogP contribution is 2.19. The fraction of sp³-hybridized carbons (Fsp3) is 0.286. The molecule has 0 fully saturated rings. The lowest BCUT2D eigenvalue weighted by molar-refractivity contribution is 0.0835. The van der Waals surface area contributed by atoms with Crippen molar-refractivity contribution in [2.75, 3.05) is 32.1 Å². The summed E-state index contributed by atoms with van der Waals surface area (Å²) in [7, 11) is 0. The molecule has 1 amide bonds. The third-order valence-corrected chi connectivity index (χ3v) is 2.75. The van der Waals surface area contributed by atoms with Crippen molar-refractivity contribution in [3.05, 3.63) is 36.0 Å². The second-order valence-corrected chi connectivity index (χ2v) is 4.21. The zero-order valence-electron chi connectivity index (χ0n) is 11.0. The maximum Gasteiger partial charge on any atom is 0.270 e. The van der Waals surface area contributed by atoms with Crippen LogP contribution in [0.1, 0.15) is 10.5 Å². The van der Waals surface area contributed by atoms with E-state index in [-0.39, 0.29) is 24.8 Å². The van der Waals surface area contributed by atoms with Gasteiger partial charge in [-0.2, -0.15) is 0 Å². The molecule has 0 unspecified atom stereocenters. The molecule has 0 aliphatic heterocycles. The Kier molecular flexibility index (Phi) is 4.86. The Morgan fingerprint density at radius 1 is 1.35 bits per heavy atom. The molecule has 1 aromatic heterocycles. The Labute approximate surface area is 116 Å². The van der Waals surface area contributed by atoms with Crippen LogP contribution in [0.15, 0.2) is 30.3 Å². The van der Waals surface area contributed by atoms with Gasteiger partial charge in [0, 0.05) is 17.6 Å². The van der Waals surface area contributed by atoms with Crippen molar-refractivity contribution in [2.24, 2.45) is 0 Å². The number of carbonyl (C=O) groups excluding carboxylic acids is 1. The molecular weight excluding hydrogens is 258 g/mol. The van der Waals surface area contributed by atoms with Crippen LogP contribution in [0.2, 0.25) is 0 Å². The van der Waals surface area contributed by atoms with E-state index >= 15 is 0 Å². The topological polar surface area (TPSA) is 97.5 Å². The fourth-order valence-corrected chi connectivity index (χ4v) is 1.81. The SMILES string of the molecule is Nc1cc(C(=O)NCCOCCO)nc2ccccc12. The van der Waals surface area contributed by atoms with Gasteiger partial charge in [0.1, 0.15) is 5.69 Å². The number of pyridine rings is 1. The van der Waals surface area contributed by atoms with Crippen LogP contribution in [-0.4, -0.2) is 42.4 Å². The van der Waals surface area contributed by atoms with Gasteiger partial charge in [0.2, 0.25) is 0 Å². The number of nitrogens with two attached hydrogens (primary N) is 1. The second-order valence-electron chi connectivity index (χ2n) is 4.21. The smallest absolute Gasteiger partial charge is 0.270 e. The van der Waals surface area contributed by atoms with Crippen molar-refractivity contribution < 1.29 is 14.6 Å². The molecule has 2 rings (SSSR count). The number of benzene rings is 1. The van der Waals surface area contributed by atoms with Gasteiger partial charge in [-0.25, -0.2) is 4.98 Å². The first-order valence-corrected chi connectivity index (χ1v) is 6.34. The van der Waals surface area contributed by atoms with Crippen molar-refractivity contribution in [1.82, 2.24) is 10.3 Å². The lowest BCUT2D eigenvalue weighted by Crippen LogP contribution is -2.28. The molecule has 1 aromatic carbocycles. The summed E-state index contributed by atoms with van der Waals surface area (Å²) in [6.07, 6.45) is 0. The first-order chi connectivity index (χ1) is 9.72. The fourth-order valence-electron chi connectivity index (χ4n) is 1.81. The van der Waals surface area contributed by atoms with Gasteiger partial charge in [0.25, 0.3) is 5.91 Å². The normalized spacial score (nSPS) is 10.7. The lowest BCUT2D eigenvalue weighted by atomic mass is 10.1. The number of ether oxygens (including phenoxy) is 1. The van der Waals surface area contributed by atoms with Gasteiger partial charge in [-0.15, -0.1) is 0 Å². The predicted molar refractivity (Wildman–Crippen MR) is 76.4 cm³/mol. The van der Waals surface area contributed by atoms with Gasteiger partial charge >= 0.3 is 0 Å². The number of aliphatic hydroxyl groups is 1. The summed E-state index contributed by atoms with van der Waals surface area (Å²) in [5.74, 6) is -0.296. The Morgan fingerprint density at radius 2 is 2.15 bits per heavy atom. The molecule has 0 aliphatic rings. The molecule has 2 aromatic rings. The van der Waals surface area contributed by atoms with Crippen molar-refractivity contribution in [3.8, 4) is 0 Å². The maximum atomic E-state index is 11.9. The zero-order valence-corrected chi connectivity index (χ0v) is 11.0. The molecule has 20 heavy (non-hydrogen) atoms. The summed E-state index contributed by atoms with van der Waals surface area (Å²) >= 11 is 0. The molecule has 0 saturated carbocycles. The number of rotatable bonds is 6. The standard InChI is InChI=1S/C14H17N3O3/c15-11-9-13(14(19)16-5-7-20-8-6-18)17-12-4-2-1-3-10(11)12/h1-4,9,18H,5-8H2,(H2,15,17)(H,16,19). The van der Waals surface area contributed by atoms with Crippen LogP contribution in [-0.2, 0) is 4.74 Å². The quantitative estimate of drug-likeness (QED) is 0.669. The number of aromatic nitrogens is 1. The molecule has 0 atom stereocenters. The Hall–Kier alpha value is -2.18. The molecule has 0 radical (unpaired) electrons. The number of nitrogens with zero attached hydrogens (tertiary/aromatic N) is 1. The van der Waals surface area contributed by atoms with Crippen LogP contribution < -0.4 is 11.1 Å². The number of amides is 1. The number of aliphatic hydroxyl groups excluding tert-OH is 1. The van der Waals surface area contributed by atoms with E-state index in [4.69, 9.17) is 15.6 Å². The minimum atomic E-state index is -0.296. The molecule has 106 valence electrons. The number of hydrogen-bond donors (Lipinski definition) is 3. The number of carbonyl (C=O) groups is 1. The summed E-state index contributed by atoms with van der Waals surface area (Å²) in [6.45, 7) is 0.927. The average Bonchev–Trinajstić information content (AvgIpc) is 2.47. The van der Waals surface area contributed by atoms with Gasteiger partial charge in [-0.3, -0.25) is 4.79 Å². The number of hydrogen-bond acceptors (Lipinski definition) is 5. The molecule has 0 bridgehead atoms. The predicted octanol–water partition coefficient (Wildman–Crippen LogP) is 0.556. The number of nitrogens with one attached hydrogen (secondary N) is 1. The molecule has 4 N–H and O–H groups in total. The zero-order chi connectivity index (χ0) is 14.4. The summed E-state index contributed by atoms with van der Waals surface area (Å²) < 4.78 is 5.05. The molecule has 0 aliphatic carbocycles. The van der Waals surface area contributed by atoms with E-state index in [0.717, 1.165) is 5.39 Å². The van der Waals surface area contributed by atoms with Gasteiger partial charge < -0.3 is 20.9 Å². The second kappa shape index (κ2) is 6.83. The van der Waals surface area contributed by atoms with Crippen molar-refractivity contribution in [2.45, 2.75) is 0 Å². The molecule has 0 saturated heterocycles. The first-order valence-electron chi connectivity index (χ1n) is 6.34. The van der Waals surface area contributed by atoms with E-state index in [1.807, 2.05) is 24.3 Å². The summed E-state index contributed by atoms with van der Waals surface area (Å²) in [5, 5.41) is 12.1. The first kappa shape index (κ1) is 14.2. The van der Waals surface area contributed by atoms with Crippen LogP contribution in [0.25, 0.3) is 10.9 Å². The van der Waals surface area contributed by atoms with Crippen LogP contribution in [0, 0.1) is 0 Å². The van der Waals surface area contributed by atoms with E-state index in [0.29, 0.717) is 24.4 Å². The average molecular weight is 275 g/mol. The molecular formula is C14H17N3O3. The lowest BCUT2D eigenvalue weighted by Gasteiger charge is -2.07. The van der Waals surface area contributed by atoms with Gasteiger partial charge in [0.05, 0.1) is 25.3 Å². The summed E-state index contributed by atoms with van der Waals surface area (Å²) in [6, 6.07) is 8.96. The molecule has 1 heterocycles. The Morgan fingerprint density at radius 3 is 2.95 bits per heavy atom. The largest absolute Gasteiger partial charge is 0.398 e. The molecule has 0 spiro atoms. The van der Waals surface area contributed by atoms with Crippen LogP contribution in [0.3, 0.4) is 0 Å². The summed E-state index contributed by atoms with van der Waals surface area (Å²) in [4.78, 5) is 16.2. The third kappa shape index (κ3) is 3.43. The van der Waals surface area contributed by atoms with E-state index < -0.39 is 0 Å². The van der Waals surface area contributed by atoms with Gasteiger partial charge in [0.15, 0.2) is 0 Å². The number of nitrogen functional groups attached to an aromatic ring is 1. The maximum absolute atomic E-state index is 11.9.